The fourth-order valence-electron chi connectivity index (χ4n) is 2.36. The van der Waals surface area contributed by atoms with Gasteiger partial charge in [0.2, 0.25) is 5.91 Å². The smallest absolute Gasteiger partial charge is 0.244 e. The summed E-state index contributed by atoms with van der Waals surface area (Å²) in [6.07, 6.45) is 3.23. The molecule has 0 unspecified atom stereocenters. The van der Waals surface area contributed by atoms with E-state index in [-0.39, 0.29) is 5.91 Å². The van der Waals surface area contributed by atoms with Crippen molar-refractivity contribution >= 4 is 34.6 Å². The van der Waals surface area contributed by atoms with Crippen LogP contribution in [0.1, 0.15) is 11.4 Å². The van der Waals surface area contributed by atoms with E-state index in [1.54, 1.807) is 18.2 Å². The zero-order chi connectivity index (χ0) is 16.2. The van der Waals surface area contributed by atoms with Crippen LogP contribution in [-0.4, -0.2) is 15.5 Å². The molecular weight excluding hydrogens is 310 g/mol. The van der Waals surface area contributed by atoms with E-state index in [4.69, 9.17) is 11.6 Å². The Morgan fingerprint density at radius 1 is 1.26 bits per heavy atom. The van der Waals surface area contributed by atoms with Gasteiger partial charge >= 0.3 is 0 Å². The molecule has 23 heavy (non-hydrogen) atoms. The first-order chi connectivity index (χ1) is 11.1. The first-order valence-corrected chi connectivity index (χ1v) is 7.63. The van der Waals surface area contributed by atoms with Crippen LogP contribution in [0, 0.1) is 0 Å². The quantitative estimate of drug-likeness (QED) is 0.746. The lowest BCUT2D eigenvalue weighted by atomic mass is 10.2. The van der Waals surface area contributed by atoms with E-state index in [1.165, 1.54) is 6.08 Å². The summed E-state index contributed by atoms with van der Waals surface area (Å²) in [6, 6.07) is 15.2. The molecule has 2 aromatic carbocycles. The van der Waals surface area contributed by atoms with Gasteiger partial charge in [0, 0.05) is 18.1 Å². The van der Waals surface area contributed by atoms with E-state index in [0.717, 1.165) is 22.4 Å². The van der Waals surface area contributed by atoms with E-state index < -0.39 is 0 Å². The second kappa shape index (κ2) is 6.67. The number of carbonyl (C=O) groups excluding carboxylic acids is 1. The highest BCUT2D eigenvalue weighted by Crippen LogP contribution is 2.14. The molecule has 4 nitrogen and oxygen atoms in total. The number of hydrogen-bond donors (Lipinski definition) is 1. The summed E-state index contributed by atoms with van der Waals surface area (Å²) in [4.78, 5) is 16.5. The van der Waals surface area contributed by atoms with Crippen LogP contribution in [0.15, 0.2) is 54.6 Å². The first-order valence-electron chi connectivity index (χ1n) is 7.25. The average molecular weight is 326 g/mol. The minimum absolute atomic E-state index is 0.169. The molecule has 5 heteroatoms. The standard InChI is InChI=1S/C18H16ClN3O/c1-22-16-8-3-2-7-15(16)21-17(22)12-20-18(23)10-9-13-5-4-6-14(19)11-13/h2-11H,12H2,1H3,(H,20,23)/b10-9+. The van der Waals surface area contributed by atoms with Crippen LogP contribution in [0.5, 0.6) is 0 Å². The van der Waals surface area contributed by atoms with Crippen molar-refractivity contribution in [3.05, 3.63) is 71.0 Å². The van der Waals surface area contributed by atoms with Crippen molar-refractivity contribution in [1.29, 1.82) is 0 Å². The summed E-state index contributed by atoms with van der Waals surface area (Å²) in [5, 5.41) is 3.49. The molecule has 1 aromatic heterocycles. The Labute approximate surface area is 139 Å². The van der Waals surface area contributed by atoms with Crippen LogP contribution in [0.3, 0.4) is 0 Å². The number of imidazole rings is 1. The molecule has 0 aliphatic heterocycles. The number of nitrogens with one attached hydrogen (secondary N) is 1. The Bertz CT molecular complexity index is 883. The lowest BCUT2D eigenvalue weighted by Gasteiger charge is -2.03. The number of para-hydroxylation sites is 2. The summed E-state index contributed by atoms with van der Waals surface area (Å²) in [6.45, 7) is 0.379. The molecule has 0 radical (unpaired) electrons. The number of benzene rings is 2. The van der Waals surface area contributed by atoms with E-state index in [0.29, 0.717) is 11.6 Å². The van der Waals surface area contributed by atoms with Crippen molar-refractivity contribution in [2.45, 2.75) is 6.54 Å². The van der Waals surface area contributed by atoms with Gasteiger partial charge in [-0.05, 0) is 35.9 Å². The summed E-state index contributed by atoms with van der Waals surface area (Å²) in [5.74, 6) is 0.646. The summed E-state index contributed by atoms with van der Waals surface area (Å²) < 4.78 is 1.98. The minimum Gasteiger partial charge on any atom is -0.345 e. The lowest BCUT2D eigenvalue weighted by Crippen LogP contribution is -2.22. The maximum atomic E-state index is 11.9. The minimum atomic E-state index is -0.169. The summed E-state index contributed by atoms with van der Waals surface area (Å²) >= 11 is 5.91. The van der Waals surface area contributed by atoms with E-state index in [2.05, 4.69) is 10.3 Å². The van der Waals surface area contributed by atoms with Crippen LogP contribution in [0.4, 0.5) is 0 Å². The van der Waals surface area contributed by atoms with Gasteiger partial charge < -0.3 is 9.88 Å². The van der Waals surface area contributed by atoms with Crippen molar-refractivity contribution in [2.75, 3.05) is 0 Å². The van der Waals surface area contributed by atoms with Gasteiger partial charge in [-0.2, -0.15) is 0 Å². The average Bonchev–Trinajstić information content (AvgIpc) is 2.88. The van der Waals surface area contributed by atoms with E-state index in [9.17, 15) is 4.79 Å². The van der Waals surface area contributed by atoms with Gasteiger partial charge in [0.15, 0.2) is 0 Å². The predicted molar refractivity (Wildman–Crippen MR) is 93.0 cm³/mol. The maximum absolute atomic E-state index is 11.9. The topological polar surface area (TPSA) is 46.9 Å². The normalized spacial score (nSPS) is 11.2. The third-order valence-electron chi connectivity index (χ3n) is 3.58. The number of nitrogens with zero attached hydrogens (tertiary/aromatic N) is 2. The second-order valence-electron chi connectivity index (χ2n) is 5.18. The molecule has 116 valence electrons. The largest absolute Gasteiger partial charge is 0.345 e. The zero-order valence-electron chi connectivity index (χ0n) is 12.7. The fourth-order valence-corrected chi connectivity index (χ4v) is 2.56. The van der Waals surface area contributed by atoms with Gasteiger partial charge in [0.1, 0.15) is 5.82 Å². The number of fused-ring (bicyclic) bond motifs is 1. The summed E-state index contributed by atoms with van der Waals surface area (Å²) in [7, 11) is 1.94. The molecule has 0 aliphatic rings. The highest BCUT2D eigenvalue weighted by Gasteiger charge is 2.07. The zero-order valence-corrected chi connectivity index (χ0v) is 13.4. The Kier molecular flexibility index (Phi) is 4.44. The van der Waals surface area contributed by atoms with Gasteiger partial charge in [-0.25, -0.2) is 4.98 Å². The van der Waals surface area contributed by atoms with Crippen LogP contribution in [0.2, 0.25) is 5.02 Å². The van der Waals surface area contributed by atoms with Crippen LogP contribution in [0.25, 0.3) is 17.1 Å². The molecule has 1 amide bonds. The van der Waals surface area contributed by atoms with Gasteiger partial charge in [-0.1, -0.05) is 35.9 Å². The number of aryl methyl sites for hydroxylation is 1. The number of amides is 1. The van der Waals surface area contributed by atoms with Crippen molar-refractivity contribution in [3.63, 3.8) is 0 Å². The molecule has 0 spiro atoms. The maximum Gasteiger partial charge on any atom is 0.244 e. The SMILES string of the molecule is Cn1c(CNC(=O)/C=C/c2cccc(Cl)c2)nc2ccccc21. The monoisotopic (exact) mass is 325 g/mol. The second-order valence-corrected chi connectivity index (χ2v) is 5.62. The third kappa shape index (κ3) is 3.60. The lowest BCUT2D eigenvalue weighted by molar-refractivity contribution is -0.116. The summed E-state index contributed by atoms with van der Waals surface area (Å²) in [5.41, 5.74) is 2.86. The van der Waals surface area contributed by atoms with Gasteiger partial charge in [-0.3, -0.25) is 4.79 Å². The third-order valence-corrected chi connectivity index (χ3v) is 3.81. The number of carbonyl (C=O) groups is 1. The number of halogens is 1. The number of aromatic nitrogens is 2. The molecule has 3 aromatic rings. The molecule has 0 atom stereocenters. The first kappa shape index (κ1) is 15.3. The van der Waals surface area contributed by atoms with Gasteiger partial charge in [0.25, 0.3) is 0 Å². The van der Waals surface area contributed by atoms with Crippen molar-refractivity contribution < 1.29 is 4.79 Å². The molecule has 1 heterocycles. The number of rotatable bonds is 4. The molecule has 0 aliphatic carbocycles. The van der Waals surface area contributed by atoms with Crippen molar-refractivity contribution in [1.82, 2.24) is 14.9 Å². The molecular formula is C18H16ClN3O. The van der Waals surface area contributed by atoms with E-state index in [1.807, 2.05) is 48.0 Å². The molecule has 3 rings (SSSR count). The van der Waals surface area contributed by atoms with Gasteiger partial charge in [-0.15, -0.1) is 0 Å². The Hall–Kier alpha value is -2.59. The van der Waals surface area contributed by atoms with Crippen LogP contribution in [-0.2, 0) is 18.4 Å². The molecule has 1 N–H and O–H groups in total. The molecule has 0 fully saturated rings. The Balaban J connectivity index is 1.65. The molecule has 0 saturated carbocycles. The van der Waals surface area contributed by atoms with Gasteiger partial charge in [0.05, 0.1) is 17.6 Å². The number of hydrogen-bond acceptors (Lipinski definition) is 2. The fraction of sp³-hybridized carbons (Fsp3) is 0.111. The highest BCUT2D eigenvalue weighted by atomic mass is 35.5. The van der Waals surface area contributed by atoms with Crippen molar-refractivity contribution in [3.8, 4) is 0 Å². The van der Waals surface area contributed by atoms with Crippen LogP contribution >= 0.6 is 11.6 Å². The highest BCUT2D eigenvalue weighted by molar-refractivity contribution is 6.30. The Morgan fingerprint density at radius 3 is 2.87 bits per heavy atom. The van der Waals surface area contributed by atoms with Crippen molar-refractivity contribution in [2.24, 2.45) is 7.05 Å². The van der Waals surface area contributed by atoms with Crippen LogP contribution < -0.4 is 5.32 Å². The predicted octanol–water partition coefficient (Wildman–Crippen LogP) is 3.56. The Morgan fingerprint density at radius 2 is 2.09 bits per heavy atom. The molecule has 0 saturated heterocycles. The molecule has 0 bridgehead atoms. The van der Waals surface area contributed by atoms with E-state index >= 15 is 0 Å².